The molecule has 4 heteroatoms. The molecule has 3 N–H and O–H groups in total. The van der Waals surface area contributed by atoms with Crippen LogP contribution in [0.25, 0.3) is 0 Å². The van der Waals surface area contributed by atoms with E-state index >= 15 is 0 Å². The van der Waals surface area contributed by atoms with Crippen molar-refractivity contribution >= 4 is 5.91 Å². The minimum absolute atomic E-state index is 0.0281. The molecular weight excluding hydrogens is 855 g/mol. The van der Waals surface area contributed by atoms with Crippen LogP contribution in [-0.4, -0.2) is 34.9 Å². The Labute approximate surface area is 438 Å². The summed E-state index contributed by atoms with van der Waals surface area (Å²) in [6, 6.07) is -0.540. The highest BCUT2D eigenvalue weighted by Crippen LogP contribution is 2.18. The molecule has 0 aliphatic heterocycles. The fourth-order valence-electron chi connectivity index (χ4n) is 9.80. The normalized spacial score (nSPS) is 13.1. The smallest absolute Gasteiger partial charge is 0.220 e. The second kappa shape index (κ2) is 61.4. The summed E-state index contributed by atoms with van der Waals surface area (Å²) in [7, 11) is 0. The Hall–Kier alpha value is -1.91. The third kappa shape index (κ3) is 57.0. The number of amides is 1. The third-order valence-corrected chi connectivity index (χ3v) is 14.5. The van der Waals surface area contributed by atoms with Crippen molar-refractivity contribution in [2.75, 3.05) is 6.61 Å². The van der Waals surface area contributed by atoms with Crippen LogP contribution in [0.15, 0.2) is 60.8 Å². The van der Waals surface area contributed by atoms with Gasteiger partial charge in [-0.1, -0.05) is 331 Å². The van der Waals surface area contributed by atoms with Crippen LogP contribution >= 0.6 is 0 Å². The highest BCUT2D eigenvalue weighted by molar-refractivity contribution is 5.76. The molecule has 0 saturated heterocycles. The SMILES string of the molecule is CC/C=C\C/C=C\C/C=C\C/C=C\C/C=C\CCCCCCCCCCCCCCCCCC(=O)NC(CO)C(O)CCCCCCCCCCCCCCCCCCCCCCCCCCCCC. The van der Waals surface area contributed by atoms with Gasteiger partial charge < -0.3 is 15.5 Å². The standard InChI is InChI=1S/C66H123NO3/c1-3-5-7-9-11-13-15-17-19-21-23-25-27-29-31-32-33-34-36-38-40-42-44-46-48-50-52-54-56-58-60-62-66(70)67-64(63-68)65(69)61-59-57-55-53-51-49-47-45-43-41-39-37-35-30-28-26-24-22-20-18-16-14-12-10-8-6-4-2/h5,7,11,13,17,19,23,25,29,31,64-65,68-69H,3-4,6,8-10,12,14-16,18,20-22,24,26-28,30,32-63H2,1-2H3,(H,67,70)/b7-5-,13-11-,19-17-,25-23-,31-29-. The van der Waals surface area contributed by atoms with Crippen molar-refractivity contribution in [3.8, 4) is 0 Å². The van der Waals surface area contributed by atoms with Crippen molar-refractivity contribution < 1.29 is 15.0 Å². The molecule has 0 heterocycles. The largest absolute Gasteiger partial charge is 0.394 e. The fraction of sp³-hybridized carbons (Fsp3) is 0.833. The molecule has 0 aliphatic carbocycles. The summed E-state index contributed by atoms with van der Waals surface area (Å²) in [5.41, 5.74) is 0. The van der Waals surface area contributed by atoms with E-state index in [0.717, 1.165) is 57.8 Å². The second-order valence-electron chi connectivity index (χ2n) is 21.5. The van der Waals surface area contributed by atoms with E-state index in [0.29, 0.717) is 12.8 Å². The Morgan fingerprint density at radius 2 is 0.629 bits per heavy atom. The number of allylic oxidation sites excluding steroid dienone is 10. The second-order valence-corrected chi connectivity index (χ2v) is 21.5. The first kappa shape index (κ1) is 68.1. The van der Waals surface area contributed by atoms with Crippen molar-refractivity contribution in [3.05, 3.63) is 60.8 Å². The van der Waals surface area contributed by atoms with Crippen LogP contribution in [0, 0.1) is 0 Å². The summed E-state index contributed by atoms with van der Waals surface area (Å²) in [6.07, 6.45) is 86.7. The van der Waals surface area contributed by atoms with E-state index in [1.54, 1.807) is 0 Å². The van der Waals surface area contributed by atoms with Crippen molar-refractivity contribution in [1.29, 1.82) is 0 Å². The van der Waals surface area contributed by atoms with E-state index in [-0.39, 0.29) is 12.5 Å². The lowest BCUT2D eigenvalue weighted by molar-refractivity contribution is -0.123. The van der Waals surface area contributed by atoms with Crippen LogP contribution in [-0.2, 0) is 4.79 Å². The molecule has 0 bridgehead atoms. The minimum atomic E-state index is -0.663. The van der Waals surface area contributed by atoms with Gasteiger partial charge in [0.1, 0.15) is 0 Å². The van der Waals surface area contributed by atoms with Gasteiger partial charge in [0.25, 0.3) is 0 Å². The molecule has 0 radical (unpaired) electrons. The lowest BCUT2D eigenvalue weighted by Crippen LogP contribution is -2.45. The first-order valence-electron chi connectivity index (χ1n) is 31.5. The Bertz CT molecular complexity index is 1150. The van der Waals surface area contributed by atoms with Gasteiger partial charge in [0.05, 0.1) is 18.8 Å². The molecule has 2 atom stereocenters. The molecule has 70 heavy (non-hydrogen) atoms. The number of hydrogen-bond acceptors (Lipinski definition) is 3. The summed E-state index contributed by atoms with van der Waals surface area (Å²) in [6.45, 7) is 4.28. The molecule has 1 amide bonds. The summed E-state index contributed by atoms with van der Waals surface area (Å²) in [5.74, 6) is -0.0281. The number of rotatable bonds is 58. The molecule has 0 spiro atoms. The lowest BCUT2D eigenvalue weighted by atomic mass is 10.0. The van der Waals surface area contributed by atoms with Gasteiger partial charge in [-0.3, -0.25) is 4.79 Å². The summed E-state index contributed by atoms with van der Waals surface area (Å²) < 4.78 is 0. The zero-order chi connectivity index (χ0) is 50.6. The van der Waals surface area contributed by atoms with Crippen LogP contribution in [0.1, 0.15) is 335 Å². The average Bonchev–Trinajstić information content (AvgIpc) is 3.36. The zero-order valence-electron chi connectivity index (χ0n) is 47.3. The van der Waals surface area contributed by atoms with Gasteiger partial charge >= 0.3 is 0 Å². The van der Waals surface area contributed by atoms with Gasteiger partial charge in [0.2, 0.25) is 5.91 Å². The van der Waals surface area contributed by atoms with Crippen LogP contribution in [0.3, 0.4) is 0 Å². The predicted octanol–water partition coefficient (Wildman–Crippen LogP) is 21.2. The van der Waals surface area contributed by atoms with E-state index < -0.39 is 12.1 Å². The van der Waals surface area contributed by atoms with Crippen LogP contribution in [0.5, 0.6) is 0 Å². The molecule has 0 saturated carbocycles. The third-order valence-electron chi connectivity index (χ3n) is 14.5. The first-order chi connectivity index (χ1) is 34.7. The first-order valence-corrected chi connectivity index (χ1v) is 31.5. The molecule has 0 aromatic carbocycles. The number of aliphatic hydroxyl groups is 2. The van der Waals surface area contributed by atoms with Crippen molar-refractivity contribution in [2.24, 2.45) is 0 Å². The van der Waals surface area contributed by atoms with E-state index in [4.69, 9.17) is 0 Å². The number of unbranched alkanes of at least 4 members (excludes halogenated alkanes) is 41. The van der Waals surface area contributed by atoms with Gasteiger partial charge in [-0.25, -0.2) is 0 Å². The van der Waals surface area contributed by atoms with Crippen molar-refractivity contribution in [1.82, 2.24) is 5.32 Å². The van der Waals surface area contributed by atoms with E-state index in [2.05, 4.69) is 79.9 Å². The summed E-state index contributed by atoms with van der Waals surface area (Å²) in [4.78, 5) is 12.5. The monoisotopic (exact) mass is 978 g/mol. The molecule has 0 rings (SSSR count). The van der Waals surface area contributed by atoms with Gasteiger partial charge in [0, 0.05) is 6.42 Å². The zero-order valence-corrected chi connectivity index (χ0v) is 47.3. The fourth-order valence-corrected chi connectivity index (χ4v) is 9.80. The Morgan fingerprint density at radius 1 is 0.357 bits per heavy atom. The number of carbonyl (C=O) groups excluding carboxylic acids is 1. The summed E-state index contributed by atoms with van der Waals surface area (Å²) in [5, 5.41) is 23.4. The number of carbonyl (C=O) groups is 1. The van der Waals surface area contributed by atoms with Crippen LogP contribution < -0.4 is 5.32 Å². The Kier molecular flexibility index (Phi) is 59.7. The lowest BCUT2D eigenvalue weighted by Gasteiger charge is -2.22. The van der Waals surface area contributed by atoms with Crippen molar-refractivity contribution in [2.45, 2.75) is 347 Å². The highest BCUT2D eigenvalue weighted by atomic mass is 16.3. The van der Waals surface area contributed by atoms with Gasteiger partial charge in [0.15, 0.2) is 0 Å². The summed E-state index contributed by atoms with van der Waals surface area (Å²) >= 11 is 0. The molecule has 0 fully saturated rings. The Balaban J connectivity index is 3.44. The van der Waals surface area contributed by atoms with E-state index in [9.17, 15) is 15.0 Å². The molecule has 0 aliphatic rings. The molecular formula is C66H123NO3. The van der Waals surface area contributed by atoms with E-state index in [1.807, 2.05) is 0 Å². The molecule has 410 valence electrons. The van der Waals surface area contributed by atoms with Crippen LogP contribution in [0.4, 0.5) is 0 Å². The molecule has 0 aromatic rings. The molecule has 4 nitrogen and oxygen atoms in total. The topological polar surface area (TPSA) is 69.6 Å². The number of hydrogen-bond donors (Lipinski definition) is 3. The highest BCUT2D eigenvalue weighted by Gasteiger charge is 2.20. The average molecular weight is 979 g/mol. The molecule has 2 unspecified atom stereocenters. The number of nitrogens with one attached hydrogen (secondary N) is 1. The quantitative estimate of drug-likeness (QED) is 0.0420. The molecule has 0 aromatic heterocycles. The maximum Gasteiger partial charge on any atom is 0.220 e. The number of aliphatic hydroxyl groups excluding tert-OH is 2. The van der Waals surface area contributed by atoms with E-state index in [1.165, 1.54) is 250 Å². The maximum absolute atomic E-state index is 12.5. The van der Waals surface area contributed by atoms with Crippen molar-refractivity contribution in [3.63, 3.8) is 0 Å². The predicted molar refractivity (Wildman–Crippen MR) is 313 cm³/mol. The van der Waals surface area contributed by atoms with Gasteiger partial charge in [-0.05, 0) is 57.8 Å². The maximum atomic E-state index is 12.5. The van der Waals surface area contributed by atoms with Crippen LogP contribution in [0.2, 0.25) is 0 Å². The Morgan fingerprint density at radius 3 is 0.943 bits per heavy atom. The van der Waals surface area contributed by atoms with Gasteiger partial charge in [-0.2, -0.15) is 0 Å². The van der Waals surface area contributed by atoms with Gasteiger partial charge in [-0.15, -0.1) is 0 Å². The minimum Gasteiger partial charge on any atom is -0.394 e.